The van der Waals surface area contributed by atoms with Crippen LogP contribution in [0.1, 0.15) is 29.8 Å². The van der Waals surface area contributed by atoms with Gasteiger partial charge in [0.05, 0.1) is 5.56 Å². The average Bonchev–Trinajstić information content (AvgIpc) is 2.39. The lowest BCUT2D eigenvalue weighted by atomic mass is 10.1. The Morgan fingerprint density at radius 3 is 2.60 bits per heavy atom. The van der Waals surface area contributed by atoms with E-state index in [9.17, 15) is 4.79 Å². The summed E-state index contributed by atoms with van der Waals surface area (Å²) < 4.78 is 11.0. The molecular weight excluding hydrogens is 196 g/mol. The van der Waals surface area contributed by atoms with Gasteiger partial charge in [-0.3, -0.25) is 0 Å². The van der Waals surface area contributed by atoms with Gasteiger partial charge in [-0.2, -0.15) is 0 Å². The molecule has 1 heterocycles. The van der Waals surface area contributed by atoms with Gasteiger partial charge in [0.1, 0.15) is 0 Å². The molecule has 0 spiro atoms. The smallest absolute Gasteiger partial charge is 0.335 e. The van der Waals surface area contributed by atoms with Crippen molar-refractivity contribution in [2.45, 2.75) is 26.6 Å². The summed E-state index contributed by atoms with van der Waals surface area (Å²) in [6, 6.07) is 3.06. The van der Waals surface area contributed by atoms with E-state index in [1.54, 1.807) is 26.8 Å². The topological polar surface area (TPSA) is 55.8 Å². The van der Waals surface area contributed by atoms with Crippen LogP contribution in [0, 0.1) is 6.92 Å². The van der Waals surface area contributed by atoms with E-state index in [-0.39, 0.29) is 5.56 Å². The normalized spacial score (nSPS) is 16.5. The van der Waals surface area contributed by atoms with E-state index in [0.29, 0.717) is 11.5 Å². The molecule has 4 nitrogen and oxygen atoms in total. The molecule has 0 unspecified atom stereocenters. The lowest BCUT2D eigenvalue weighted by Gasteiger charge is -2.16. The lowest BCUT2D eigenvalue weighted by Crippen LogP contribution is -2.29. The number of carbonyl (C=O) groups is 1. The minimum absolute atomic E-state index is 0.215. The van der Waals surface area contributed by atoms with Crippen LogP contribution < -0.4 is 9.47 Å². The zero-order valence-electron chi connectivity index (χ0n) is 8.83. The number of carboxylic acid groups (broad SMARTS) is 1. The van der Waals surface area contributed by atoms with E-state index < -0.39 is 11.8 Å². The third kappa shape index (κ3) is 1.63. The second-order valence-corrected chi connectivity index (χ2v) is 4.03. The van der Waals surface area contributed by atoms with Crippen molar-refractivity contribution in [1.29, 1.82) is 0 Å². The summed E-state index contributed by atoms with van der Waals surface area (Å²) in [7, 11) is 0. The van der Waals surface area contributed by atoms with Crippen LogP contribution in [0.25, 0.3) is 0 Å². The Hall–Kier alpha value is -1.71. The molecule has 1 aliphatic rings. The fourth-order valence-corrected chi connectivity index (χ4v) is 1.60. The van der Waals surface area contributed by atoms with Crippen molar-refractivity contribution < 1.29 is 19.4 Å². The Morgan fingerprint density at radius 2 is 2.00 bits per heavy atom. The molecule has 1 aromatic rings. The molecule has 0 saturated heterocycles. The number of fused-ring (bicyclic) bond motifs is 1. The Labute approximate surface area is 87.4 Å². The molecule has 0 bridgehead atoms. The van der Waals surface area contributed by atoms with Crippen LogP contribution in [0.2, 0.25) is 0 Å². The highest BCUT2D eigenvalue weighted by atomic mass is 16.7. The number of hydrogen-bond acceptors (Lipinski definition) is 3. The van der Waals surface area contributed by atoms with Crippen molar-refractivity contribution in [3.05, 3.63) is 23.3 Å². The number of ether oxygens (including phenoxy) is 2. The molecule has 0 atom stereocenters. The molecule has 2 rings (SSSR count). The molecule has 15 heavy (non-hydrogen) atoms. The molecule has 4 heteroatoms. The van der Waals surface area contributed by atoms with Gasteiger partial charge in [0.2, 0.25) is 5.79 Å². The first-order valence-electron chi connectivity index (χ1n) is 4.65. The predicted molar refractivity (Wildman–Crippen MR) is 53.5 cm³/mol. The van der Waals surface area contributed by atoms with Gasteiger partial charge in [-0.25, -0.2) is 4.79 Å². The van der Waals surface area contributed by atoms with E-state index in [0.717, 1.165) is 5.56 Å². The van der Waals surface area contributed by atoms with Crippen molar-refractivity contribution >= 4 is 5.97 Å². The third-order valence-corrected chi connectivity index (χ3v) is 2.19. The molecular formula is C11H12O4. The molecule has 0 aliphatic carbocycles. The summed E-state index contributed by atoms with van der Waals surface area (Å²) in [6.45, 7) is 5.37. The minimum Gasteiger partial charge on any atom is -0.478 e. The number of hydrogen-bond donors (Lipinski definition) is 1. The Balaban J connectivity index is 2.51. The van der Waals surface area contributed by atoms with Crippen molar-refractivity contribution in [2.75, 3.05) is 0 Å². The quantitative estimate of drug-likeness (QED) is 0.768. The molecule has 1 aromatic carbocycles. The van der Waals surface area contributed by atoms with Crippen LogP contribution in [0.3, 0.4) is 0 Å². The molecule has 0 aromatic heterocycles. The van der Waals surface area contributed by atoms with Gasteiger partial charge in [0.15, 0.2) is 11.5 Å². The third-order valence-electron chi connectivity index (χ3n) is 2.19. The Kier molecular flexibility index (Phi) is 1.89. The van der Waals surface area contributed by atoms with Crippen LogP contribution in [-0.2, 0) is 0 Å². The number of benzene rings is 1. The zero-order chi connectivity index (χ0) is 11.2. The largest absolute Gasteiger partial charge is 0.478 e. The predicted octanol–water partition coefficient (Wildman–Crippen LogP) is 2.20. The van der Waals surface area contributed by atoms with Crippen LogP contribution in [0.4, 0.5) is 0 Å². The summed E-state index contributed by atoms with van der Waals surface area (Å²) in [4.78, 5) is 10.8. The molecule has 1 N–H and O–H groups in total. The number of rotatable bonds is 1. The SMILES string of the molecule is Cc1cc(C(=O)O)cc2c1OC(C)(C)O2. The van der Waals surface area contributed by atoms with Crippen LogP contribution in [0.15, 0.2) is 12.1 Å². The molecule has 80 valence electrons. The van der Waals surface area contributed by atoms with Crippen molar-refractivity contribution in [1.82, 2.24) is 0 Å². The number of aromatic carboxylic acids is 1. The summed E-state index contributed by atoms with van der Waals surface area (Å²) in [5.74, 6) is -0.555. The summed E-state index contributed by atoms with van der Waals surface area (Å²) in [5.41, 5.74) is 0.989. The number of carboxylic acids is 1. The first-order chi connectivity index (χ1) is 6.89. The van der Waals surface area contributed by atoms with Gasteiger partial charge in [0, 0.05) is 13.8 Å². The summed E-state index contributed by atoms with van der Waals surface area (Å²) in [5, 5.41) is 8.87. The van der Waals surface area contributed by atoms with Crippen molar-refractivity contribution in [2.24, 2.45) is 0 Å². The zero-order valence-corrected chi connectivity index (χ0v) is 8.83. The molecule has 0 radical (unpaired) electrons. The maximum Gasteiger partial charge on any atom is 0.335 e. The summed E-state index contributed by atoms with van der Waals surface area (Å²) >= 11 is 0. The van der Waals surface area contributed by atoms with E-state index in [1.807, 2.05) is 0 Å². The fraction of sp³-hybridized carbons (Fsp3) is 0.364. The van der Waals surface area contributed by atoms with Gasteiger partial charge in [-0.1, -0.05) is 0 Å². The maximum absolute atomic E-state index is 10.8. The molecule has 1 aliphatic heterocycles. The second-order valence-electron chi connectivity index (χ2n) is 4.03. The standard InChI is InChI=1S/C11H12O4/c1-6-4-7(10(12)13)5-8-9(6)15-11(2,3)14-8/h4-5H,1-3H3,(H,12,13). The minimum atomic E-state index is -0.964. The van der Waals surface area contributed by atoms with Gasteiger partial charge in [-0.05, 0) is 24.6 Å². The number of aryl methyl sites for hydroxylation is 1. The molecule has 0 saturated carbocycles. The van der Waals surface area contributed by atoms with Crippen LogP contribution in [-0.4, -0.2) is 16.9 Å². The first-order valence-corrected chi connectivity index (χ1v) is 4.65. The average molecular weight is 208 g/mol. The molecule has 0 fully saturated rings. The first kappa shape index (κ1) is 9.83. The Morgan fingerprint density at radius 1 is 1.33 bits per heavy atom. The van der Waals surface area contributed by atoms with E-state index in [4.69, 9.17) is 14.6 Å². The highest BCUT2D eigenvalue weighted by Crippen LogP contribution is 2.42. The second kappa shape index (κ2) is 2.89. The highest BCUT2D eigenvalue weighted by Gasteiger charge is 2.33. The summed E-state index contributed by atoms with van der Waals surface area (Å²) in [6.07, 6.45) is 0. The highest BCUT2D eigenvalue weighted by molar-refractivity contribution is 5.89. The molecule has 0 amide bonds. The van der Waals surface area contributed by atoms with E-state index in [1.165, 1.54) is 6.07 Å². The van der Waals surface area contributed by atoms with Crippen LogP contribution in [0.5, 0.6) is 11.5 Å². The van der Waals surface area contributed by atoms with Gasteiger partial charge < -0.3 is 14.6 Å². The Bertz CT molecular complexity index is 434. The monoisotopic (exact) mass is 208 g/mol. The van der Waals surface area contributed by atoms with E-state index in [2.05, 4.69) is 0 Å². The maximum atomic E-state index is 10.8. The van der Waals surface area contributed by atoms with Gasteiger partial charge in [0.25, 0.3) is 0 Å². The lowest BCUT2D eigenvalue weighted by molar-refractivity contribution is -0.0434. The van der Waals surface area contributed by atoms with E-state index >= 15 is 0 Å². The van der Waals surface area contributed by atoms with Gasteiger partial charge >= 0.3 is 5.97 Å². The van der Waals surface area contributed by atoms with Gasteiger partial charge in [-0.15, -0.1) is 0 Å². The van der Waals surface area contributed by atoms with Crippen molar-refractivity contribution in [3.8, 4) is 11.5 Å². The van der Waals surface area contributed by atoms with Crippen molar-refractivity contribution in [3.63, 3.8) is 0 Å². The fourth-order valence-electron chi connectivity index (χ4n) is 1.60. The van der Waals surface area contributed by atoms with Crippen LogP contribution >= 0.6 is 0 Å².